The predicted octanol–water partition coefficient (Wildman–Crippen LogP) is 2.72. The van der Waals surface area contributed by atoms with Crippen LogP contribution >= 0.6 is 0 Å². The molecular weight excluding hydrogens is 335 g/mol. The van der Waals surface area contributed by atoms with Crippen LogP contribution in [0, 0.1) is 12.7 Å². The summed E-state index contributed by atoms with van der Waals surface area (Å²) >= 11 is 0. The number of piperazine rings is 1. The number of rotatable bonds is 2. The number of fused-ring (bicyclic) bond motifs is 1. The maximum atomic E-state index is 13.2. The Labute approximate surface area is 150 Å². The maximum absolute atomic E-state index is 13.2. The van der Waals surface area contributed by atoms with Crippen molar-refractivity contribution >= 4 is 17.0 Å². The molecule has 0 aliphatic carbocycles. The third kappa shape index (κ3) is 2.94. The molecule has 0 spiro atoms. The lowest BCUT2D eigenvalue weighted by molar-refractivity contribution is 0.0666. The zero-order valence-electron chi connectivity index (χ0n) is 14.7. The van der Waals surface area contributed by atoms with Gasteiger partial charge in [-0.1, -0.05) is 5.16 Å². The van der Waals surface area contributed by atoms with Gasteiger partial charge in [-0.05, 0) is 44.3 Å². The summed E-state index contributed by atoms with van der Waals surface area (Å²) in [5.41, 5.74) is 2.76. The van der Waals surface area contributed by atoms with E-state index in [9.17, 15) is 9.18 Å². The SMILES string of the molecule is Cc1noc2nc(-c3ccc(F)cc3)cc(C(=O)N3CCN(C)CC3)c12. The van der Waals surface area contributed by atoms with E-state index in [0.29, 0.717) is 41.1 Å². The number of pyridine rings is 1. The number of aromatic nitrogens is 2. The van der Waals surface area contributed by atoms with Gasteiger partial charge in [0, 0.05) is 31.7 Å². The van der Waals surface area contributed by atoms with Crippen molar-refractivity contribution in [3.8, 4) is 11.3 Å². The number of benzene rings is 1. The molecule has 0 atom stereocenters. The minimum absolute atomic E-state index is 0.0554. The van der Waals surface area contributed by atoms with Crippen molar-refractivity contribution in [1.29, 1.82) is 0 Å². The van der Waals surface area contributed by atoms with Crippen molar-refractivity contribution in [2.75, 3.05) is 33.2 Å². The predicted molar refractivity (Wildman–Crippen MR) is 95.3 cm³/mol. The number of hydrogen-bond acceptors (Lipinski definition) is 5. The number of likely N-dealkylation sites (N-methyl/N-ethyl adjacent to an activating group) is 1. The Morgan fingerprint density at radius 1 is 1.15 bits per heavy atom. The molecule has 1 amide bonds. The first kappa shape index (κ1) is 16.7. The third-order valence-electron chi connectivity index (χ3n) is 4.78. The lowest BCUT2D eigenvalue weighted by Gasteiger charge is -2.32. The highest BCUT2D eigenvalue weighted by Gasteiger charge is 2.25. The van der Waals surface area contributed by atoms with Crippen LogP contribution in [-0.4, -0.2) is 59.1 Å². The number of carbonyl (C=O) groups excluding carboxylic acids is 1. The molecule has 4 rings (SSSR count). The van der Waals surface area contributed by atoms with E-state index in [-0.39, 0.29) is 11.7 Å². The average Bonchev–Trinajstić information content (AvgIpc) is 3.03. The molecule has 0 N–H and O–H groups in total. The van der Waals surface area contributed by atoms with Crippen molar-refractivity contribution in [2.45, 2.75) is 6.92 Å². The molecule has 26 heavy (non-hydrogen) atoms. The van der Waals surface area contributed by atoms with E-state index < -0.39 is 0 Å². The highest BCUT2D eigenvalue weighted by atomic mass is 19.1. The molecule has 7 heteroatoms. The second kappa shape index (κ2) is 6.49. The van der Waals surface area contributed by atoms with Crippen LogP contribution in [-0.2, 0) is 0 Å². The number of aryl methyl sites for hydroxylation is 1. The number of carbonyl (C=O) groups is 1. The summed E-state index contributed by atoms with van der Waals surface area (Å²) in [6.45, 7) is 4.83. The van der Waals surface area contributed by atoms with E-state index in [1.807, 2.05) is 11.9 Å². The van der Waals surface area contributed by atoms with Crippen LogP contribution in [0.5, 0.6) is 0 Å². The van der Waals surface area contributed by atoms with Crippen molar-refractivity contribution < 1.29 is 13.7 Å². The molecule has 0 bridgehead atoms. The molecule has 1 aliphatic rings. The zero-order valence-corrected chi connectivity index (χ0v) is 14.7. The van der Waals surface area contributed by atoms with Crippen LogP contribution in [0.25, 0.3) is 22.4 Å². The number of halogens is 1. The summed E-state index contributed by atoms with van der Waals surface area (Å²) in [4.78, 5) is 21.7. The normalized spacial score (nSPS) is 15.6. The lowest BCUT2D eigenvalue weighted by atomic mass is 10.0. The second-order valence-electron chi connectivity index (χ2n) is 6.61. The summed E-state index contributed by atoms with van der Waals surface area (Å²) in [5, 5.41) is 4.61. The van der Waals surface area contributed by atoms with Gasteiger partial charge in [0.1, 0.15) is 5.82 Å². The summed E-state index contributed by atoms with van der Waals surface area (Å²) in [6.07, 6.45) is 0. The van der Waals surface area contributed by atoms with Crippen LogP contribution in [0.1, 0.15) is 16.1 Å². The standard InChI is InChI=1S/C19H19FN4O2/c1-12-17-15(19(25)24-9-7-23(2)8-10-24)11-16(21-18(17)26-22-12)13-3-5-14(20)6-4-13/h3-6,11H,7-10H2,1-2H3. The Balaban J connectivity index is 1.80. The molecule has 3 heterocycles. The molecule has 2 aromatic heterocycles. The van der Waals surface area contributed by atoms with E-state index in [1.165, 1.54) is 12.1 Å². The van der Waals surface area contributed by atoms with Gasteiger partial charge in [0.15, 0.2) is 0 Å². The van der Waals surface area contributed by atoms with Gasteiger partial charge in [-0.3, -0.25) is 4.79 Å². The van der Waals surface area contributed by atoms with Crippen molar-refractivity contribution in [3.05, 3.63) is 47.4 Å². The first-order chi connectivity index (χ1) is 12.5. The molecule has 1 saturated heterocycles. The van der Waals surface area contributed by atoms with Crippen LogP contribution in [0.4, 0.5) is 4.39 Å². The van der Waals surface area contributed by atoms with Gasteiger partial charge in [-0.25, -0.2) is 9.37 Å². The molecule has 6 nitrogen and oxygen atoms in total. The molecule has 1 aliphatic heterocycles. The lowest BCUT2D eigenvalue weighted by Crippen LogP contribution is -2.47. The summed E-state index contributed by atoms with van der Waals surface area (Å²) in [5.74, 6) is -0.376. The largest absolute Gasteiger partial charge is 0.336 e. The van der Waals surface area contributed by atoms with Crippen molar-refractivity contribution in [1.82, 2.24) is 19.9 Å². The fourth-order valence-electron chi connectivity index (χ4n) is 3.21. The number of hydrogen-bond donors (Lipinski definition) is 0. The molecular formula is C19H19FN4O2. The molecule has 0 unspecified atom stereocenters. The first-order valence-electron chi connectivity index (χ1n) is 8.54. The monoisotopic (exact) mass is 354 g/mol. The molecule has 134 valence electrons. The van der Waals surface area contributed by atoms with Gasteiger partial charge in [0.25, 0.3) is 11.6 Å². The van der Waals surface area contributed by atoms with Gasteiger partial charge in [0.05, 0.1) is 22.3 Å². The van der Waals surface area contributed by atoms with Crippen molar-refractivity contribution in [2.24, 2.45) is 0 Å². The Morgan fingerprint density at radius 2 is 1.85 bits per heavy atom. The third-order valence-corrected chi connectivity index (χ3v) is 4.78. The Hall–Kier alpha value is -2.80. The minimum Gasteiger partial charge on any atom is -0.336 e. The summed E-state index contributed by atoms with van der Waals surface area (Å²) in [7, 11) is 2.04. The van der Waals surface area contributed by atoms with E-state index in [0.717, 1.165) is 18.7 Å². The molecule has 1 fully saturated rings. The van der Waals surface area contributed by atoms with Gasteiger partial charge in [-0.15, -0.1) is 0 Å². The Morgan fingerprint density at radius 3 is 2.54 bits per heavy atom. The van der Waals surface area contributed by atoms with E-state index >= 15 is 0 Å². The molecule has 3 aromatic rings. The quantitative estimate of drug-likeness (QED) is 0.708. The van der Waals surface area contributed by atoms with E-state index in [2.05, 4.69) is 15.0 Å². The highest BCUT2D eigenvalue weighted by Crippen LogP contribution is 2.28. The van der Waals surface area contributed by atoms with E-state index in [1.54, 1.807) is 25.1 Å². The average molecular weight is 354 g/mol. The fraction of sp³-hybridized carbons (Fsp3) is 0.316. The van der Waals surface area contributed by atoms with E-state index in [4.69, 9.17) is 4.52 Å². The zero-order chi connectivity index (χ0) is 18.3. The van der Waals surface area contributed by atoms with Gasteiger partial charge in [0.2, 0.25) is 0 Å². The maximum Gasteiger partial charge on any atom is 0.259 e. The van der Waals surface area contributed by atoms with Gasteiger partial charge < -0.3 is 14.3 Å². The molecule has 0 saturated carbocycles. The van der Waals surface area contributed by atoms with Crippen molar-refractivity contribution in [3.63, 3.8) is 0 Å². The topological polar surface area (TPSA) is 62.5 Å². The van der Waals surface area contributed by atoms with Crippen LogP contribution < -0.4 is 0 Å². The second-order valence-corrected chi connectivity index (χ2v) is 6.61. The fourth-order valence-corrected chi connectivity index (χ4v) is 3.21. The summed E-state index contributed by atoms with van der Waals surface area (Å²) < 4.78 is 18.5. The van der Waals surface area contributed by atoms with Crippen LogP contribution in [0.2, 0.25) is 0 Å². The van der Waals surface area contributed by atoms with Crippen LogP contribution in [0.3, 0.4) is 0 Å². The van der Waals surface area contributed by atoms with Crippen LogP contribution in [0.15, 0.2) is 34.9 Å². The Kier molecular flexibility index (Phi) is 4.16. The first-order valence-corrected chi connectivity index (χ1v) is 8.54. The highest BCUT2D eigenvalue weighted by molar-refractivity contribution is 6.07. The molecule has 0 radical (unpaired) electrons. The smallest absolute Gasteiger partial charge is 0.259 e. The molecule has 1 aromatic carbocycles. The number of nitrogens with zero attached hydrogens (tertiary/aromatic N) is 4. The summed E-state index contributed by atoms with van der Waals surface area (Å²) in [6, 6.07) is 7.76. The number of amides is 1. The van der Waals surface area contributed by atoms with Gasteiger partial charge in [-0.2, -0.15) is 0 Å². The Bertz CT molecular complexity index is 960. The van der Waals surface area contributed by atoms with Gasteiger partial charge >= 0.3 is 0 Å². The minimum atomic E-state index is -0.320.